The van der Waals surface area contributed by atoms with Gasteiger partial charge in [0.15, 0.2) is 17.8 Å². The summed E-state index contributed by atoms with van der Waals surface area (Å²) in [5.41, 5.74) is 0.535. The summed E-state index contributed by atoms with van der Waals surface area (Å²) >= 11 is 0. The normalized spacial score (nSPS) is 24.6. The molecule has 1 aliphatic rings. The number of hydrogen-bond acceptors (Lipinski definition) is 2. The Labute approximate surface area is 91.0 Å². The molecule has 0 fully saturated rings. The summed E-state index contributed by atoms with van der Waals surface area (Å²) in [7, 11) is 0. The molecule has 0 aromatic carbocycles. The Bertz CT molecular complexity index is 433. The maximum Gasteiger partial charge on any atom is 0.267 e. The van der Waals surface area contributed by atoms with Crippen LogP contribution in [0.3, 0.4) is 0 Å². The highest BCUT2D eigenvalue weighted by Gasteiger charge is 2.46. The van der Waals surface area contributed by atoms with Crippen molar-refractivity contribution in [2.24, 2.45) is 0 Å². The van der Waals surface area contributed by atoms with Gasteiger partial charge in [-0.05, 0) is 12.5 Å². The highest BCUT2D eigenvalue weighted by atomic mass is 19.3. The maximum atomic E-state index is 13.5. The van der Waals surface area contributed by atoms with E-state index in [1.165, 1.54) is 0 Å². The topological polar surface area (TPSA) is 30.7 Å². The second-order valence-electron chi connectivity index (χ2n) is 4.19. The Hall–Kier alpha value is -1.33. The summed E-state index contributed by atoms with van der Waals surface area (Å²) in [6, 6.07) is -1.25. The fraction of sp³-hybridized carbons (Fsp3) is 0.600. The minimum Gasteiger partial charge on any atom is -0.239 e. The fourth-order valence-electron chi connectivity index (χ4n) is 1.78. The molecule has 2 atom stereocenters. The molecular formula is C10H12F3N3. The van der Waals surface area contributed by atoms with Gasteiger partial charge in [0.2, 0.25) is 0 Å². The molecule has 2 unspecified atom stereocenters. The van der Waals surface area contributed by atoms with Crippen molar-refractivity contribution in [1.29, 1.82) is 0 Å². The largest absolute Gasteiger partial charge is 0.267 e. The van der Waals surface area contributed by atoms with E-state index in [4.69, 9.17) is 0 Å². The van der Waals surface area contributed by atoms with E-state index >= 15 is 0 Å². The van der Waals surface area contributed by atoms with Gasteiger partial charge in [0.25, 0.3) is 5.92 Å². The highest BCUT2D eigenvalue weighted by Crippen LogP contribution is 2.43. The number of allylic oxidation sites excluding steroid dienone is 1. The summed E-state index contributed by atoms with van der Waals surface area (Å²) in [6.07, 6.45) is -1.74. The van der Waals surface area contributed by atoms with Crippen LogP contribution in [0, 0.1) is 0 Å². The lowest BCUT2D eigenvalue weighted by molar-refractivity contribution is -0.0371. The number of rotatable bonds is 2. The molecule has 0 bridgehead atoms. The Morgan fingerprint density at radius 1 is 1.56 bits per heavy atom. The Kier molecular flexibility index (Phi) is 2.32. The van der Waals surface area contributed by atoms with Gasteiger partial charge < -0.3 is 0 Å². The molecule has 88 valence electrons. The van der Waals surface area contributed by atoms with E-state index in [-0.39, 0.29) is 18.1 Å². The van der Waals surface area contributed by atoms with Crippen molar-refractivity contribution in [3.63, 3.8) is 0 Å². The number of alkyl halides is 3. The summed E-state index contributed by atoms with van der Waals surface area (Å²) < 4.78 is 40.9. The van der Waals surface area contributed by atoms with Gasteiger partial charge in [-0.2, -0.15) is 5.10 Å². The molecule has 0 aliphatic carbocycles. The van der Waals surface area contributed by atoms with Crippen LogP contribution in [0.25, 0.3) is 5.57 Å². The summed E-state index contributed by atoms with van der Waals surface area (Å²) in [5, 5.41) is 3.87. The first-order valence-electron chi connectivity index (χ1n) is 4.95. The van der Waals surface area contributed by atoms with Crippen molar-refractivity contribution in [3.8, 4) is 0 Å². The molecule has 1 aromatic heterocycles. The quantitative estimate of drug-likeness (QED) is 0.783. The van der Waals surface area contributed by atoms with Gasteiger partial charge in [-0.3, -0.25) is 0 Å². The van der Waals surface area contributed by atoms with E-state index in [1.54, 1.807) is 6.92 Å². The van der Waals surface area contributed by atoms with Crippen molar-refractivity contribution < 1.29 is 13.2 Å². The third kappa shape index (κ3) is 1.62. The van der Waals surface area contributed by atoms with E-state index in [2.05, 4.69) is 16.7 Å². The minimum atomic E-state index is -3.00. The lowest BCUT2D eigenvalue weighted by Gasteiger charge is -2.18. The molecule has 6 heteroatoms. The van der Waals surface area contributed by atoms with Crippen molar-refractivity contribution >= 4 is 5.57 Å². The van der Waals surface area contributed by atoms with Crippen molar-refractivity contribution in [2.75, 3.05) is 0 Å². The van der Waals surface area contributed by atoms with Crippen LogP contribution in [-0.4, -0.2) is 20.7 Å². The van der Waals surface area contributed by atoms with Gasteiger partial charge in [0.05, 0.1) is 0 Å². The molecular weight excluding hydrogens is 219 g/mol. The molecule has 0 radical (unpaired) electrons. The zero-order chi connectivity index (χ0) is 12.1. The zero-order valence-corrected chi connectivity index (χ0v) is 9.04. The molecule has 2 rings (SSSR count). The average molecular weight is 231 g/mol. The Morgan fingerprint density at radius 3 is 2.69 bits per heavy atom. The van der Waals surface area contributed by atoms with Gasteiger partial charge in [0, 0.05) is 13.3 Å². The second kappa shape index (κ2) is 3.33. The zero-order valence-electron chi connectivity index (χ0n) is 9.04. The highest BCUT2D eigenvalue weighted by molar-refractivity contribution is 5.53. The number of fused-ring (bicyclic) bond motifs is 1. The molecule has 0 saturated carbocycles. The van der Waals surface area contributed by atoms with Gasteiger partial charge in [-0.25, -0.2) is 22.8 Å². The van der Waals surface area contributed by atoms with Gasteiger partial charge in [0.1, 0.15) is 6.04 Å². The Balaban J connectivity index is 2.45. The molecule has 3 nitrogen and oxygen atoms in total. The lowest BCUT2D eigenvalue weighted by Crippen LogP contribution is -2.25. The van der Waals surface area contributed by atoms with Crippen LogP contribution in [0.5, 0.6) is 0 Å². The molecule has 0 N–H and O–H groups in total. The van der Waals surface area contributed by atoms with E-state index in [0.29, 0.717) is 5.57 Å². The Morgan fingerprint density at radius 2 is 2.19 bits per heavy atom. The first-order valence-corrected chi connectivity index (χ1v) is 4.95. The third-order valence-corrected chi connectivity index (χ3v) is 2.63. The van der Waals surface area contributed by atoms with Crippen LogP contribution in [-0.2, 0) is 0 Å². The van der Waals surface area contributed by atoms with Crippen LogP contribution >= 0.6 is 0 Å². The van der Waals surface area contributed by atoms with E-state index in [9.17, 15) is 13.2 Å². The lowest BCUT2D eigenvalue weighted by atomic mass is 10.1. The molecule has 0 spiro atoms. The first-order chi connectivity index (χ1) is 7.30. The predicted octanol–water partition coefficient (Wildman–Crippen LogP) is 2.92. The van der Waals surface area contributed by atoms with Crippen LogP contribution < -0.4 is 0 Å². The summed E-state index contributed by atoms with van der Waals surface area (Å²) in [5.74, 6) is -2.80. The second-order valence-corrected chi connectivity index (χ2v) is 4.19. The van der Waals surface area contributed by atoms with E-state index in [0.717, 1.165) is 11.6 Å². The van der Waals surface area contributed by atoms with Crippen molar-refractivity contribution in [1.82, 2.24) is 14.8 Å². The summed E-state index contributed by atoms with van der Waals surface area (Å²) in [4.78, 5) is 3.88. The first kappa shape index (κ1) is 11.2. The predicted molar refractivity (Wildman–Crippen MR) is 52.9 cm³/mol. The van der Waals surface area contributed by atoms with Crippen molar-refractivity contribution in [3.05, 3.63) is 18.2 Å². The number of nitrogens with zero attached hydrogens (tertiary/aromatic N) is 3. The van der Waals surface area contributed by atoms with Crippen LogP contribution in [0.15, 0.2) is 6.58 Å². The number of aromatic nitrogens is 3. The fourth-order valence-corrected chi connectivity index (χ4v) is 1.78. The number of hydrogen-bond donors (Lipinski definition) is 0. The van der Waals surface area contributed by atoms with Gasteiger partial charge in [-0.15, -0.1) is 0 Å². The van der Waals surface area contributed by atoms with E-state index < -0.39 is 18.1 Å². The van der Waals surface area contributed by atoms with Crippen molar-refractivity contribution in [2.45, 2.75) is 38.4 Å². The standard InChI is InChI=1S/C10H12F3N3/c1-5(2)8-14-9-6(11)4-7(10(3,12)13)16(9)15-8/h6-7H,1,4H2,2-3H3. The maximum absolute atomic E-state index is 13.5. The molecule has 2 heterocycles. The van der Waals surface area contributed by atoms with Gasteiger partial charge >= 0.3 is 0 Å². The summed E-state index contributed by atoms with van der Waals surface area (Å²) in [6.45, 7) is 6.02. The SMILES string of the molecule is C=C(C)c1nc2n(n1)C(C(C)(F)F)CC2F. The molecule has 1 aromatic rings. The number of halogens is 3. The van der Waals surface area contributed by atoms with Crippen LogP contribution in [0.2, 0.25) is 0 Å². The molecule has 0 saturated heterocycles. The molecule has 0 amide bonds. The smallest absolute Gasteiger partial charge is 0.239 e. The third-order valence-electron chi connectivity index (χ3n) is 2.63. The van der Waals surface area contributed by atoms with Gasteiger partial charge in [-0.1, -0.05) is 6.58 Å². The average Bonchev–Trinajstić information content (AvgIpc) is 2.65. The molecule has 16 heavy (non-hydrogen) atoms. The van der Waals surface area contributed by atoms with Crippen LogP contribution in [0.1, 0.15) is 44.1 Å². The van der Waals surface area contributed by atoms with E-state index in [1.807, 2.05) is 0 Å². The monoisotopic (exact) mass is 231 g/mol. The van der Waals surface area contributed by atoms with Crippen LogP contribution in [0.4, 0.5) is 13.2 Å². The minimum absolute atomic E-state index is 0.0236. The molecule has 1 aliphatic heterocycles.